The summed E-state index contributed by atoms with van der Waals surface area (Å²) in [7, 11) is -3.57. The molecule has 0 saturated carbocycles. The van der Waals surface area contributed by atoms with Crippen molar-refractivity contribution in [2.24, 2.45) is 0 Å². The number of sulfonamides is 1. The largest absolute Gasteiger partial charge is 0.338 e. The Bertz CT molecular complexity index is 849. The molecule has 1 aliphatic heterocycles. The van der Waals surface area contributed by atoms with Gasteiger partial charge in [-0.2, -0.15) is 0 Å². The zero-order chi connectivity index (χ0) is 17.9. The first-order valence-electron chi connectivity index (χ1n) is 8.05. The van der Waals surface area contributed by atoms with Crippen LogP contribution in [0.15, 0.2) is 53.4 Å². The van der Waals surface area contributed by atoms with E-state index in [-0.39, 0.29) is 17.3 Å². The van der Waals surface area contributed by atoms with Crippen LogP contribution in [0.25, 0.3) is 0 Å². The van der Waals surface area contributed by atoms with E-state index in [1.54, 1.807) is 12.1 Å². The summed E-state index contributed by atoms with van der Waals surface area (Å²) in [6, 6.07) is 13.6. The fourth-order valence-corrected chi connectivity index (χ4v) is 3.87. The molecule has 0 bridgehead atoms. The Labute approximate surface area is 152 Å². The number of benzene rings is 2. The van der Waals surface area contributed by atoms with Crippen LogP contribution in [0.1, 0.15) is 24.0 Å². The van der Waals surface area contributed by atoms with E-state index in [4.69, 9.17) is 11.6 Å². The average Bonchev–Trinajstić information content (AvgIpc) is 3.00. The second-order valence-corrected chi connectivity index (χ2v) is 8.22. The highest BCUT2D eigenvalue weighted by atomic mass is 35.5. The molecule has 3 rings (SSSR count). The first-order valence-corrected chi connectivity index (χ1v) is 9.91. The fourth-order valence-electron chi connectivity index (χ4n) is 2.73. The van der Waals surface area contributed by atoms with Crippen molar-refractivity contribution in [2.75, 3.05) is 6.54 Å². The fraction of sp³-hybridized carbons (Fsp3) is 0.278. The molecule has 2 aromatic carbocycles. The molecule has 5 nitrogen and oxygen atoms in total. The molecule has 1 N–H and O–H groups in total. The maximum Gasteiger partial charge on any atom is 0.240 e. The van der Waals surface area contributed by atoms with E-state index in [1.807, 2.05) is 29.2 Å². The van der Waals surface area contributed by atoms with Gasteiger partial charge in [0.1, 0.15) is 0 Å². The quantitative estimate of drug-likeness (QED) is 0.840. The Balaban J connectivity index is 1.59. The molecular formula is C18H19ClN2O3S. The zero-order valence-corrected chi connectivity index (χ0v) is 15.2. The lowest BCUT2D eigenvalue weighted by Gasteiger charge is -2.15. The van der Waals surface area contributed by atoms with Gasteiger partial charge in [0.25, 0.3) is 0 Å². The van der Waals surface area contributed by atoms with Crippen molar-refractivity contribution in [3.63, 3.8) is 0 Å². The van der Waals surface area contributed by atoms with E-state index < -0.39 is 10.0 Å². The Morgan fingerprint density at radius 3 is 2.24 bits per heavy atom. The van der Waals surface area contributed by atoms with Gasteiger partial charge in [-0.1, -0.05) is 35.9 Å². The van der Waals surface area contributed by atoms with Gasteiger partial charge in [0.05, 0.1) is 4.90 Å². The molecule has 1 fully saturated rings. The number of hydrogen-bond acceptors (Lipinski definition) is 3. The summed E-state index contributed by atoms with van der Waals surface area (Å²) in [5.41, 5.74) is 1.90. The molecule has 0 aromatic heterocycles. The standard InChI is InChI=1S/C18H19ClN2O3S/c19-16-7-9-17(10-8-16)25(23,24)20-12-14-3-5-15(6-4-14)13-21-11-1-2-18(21)22/h3-10,20H,1-2,11-13H2. The van der Waals surface area contributed by atoms with E-state index in [0.29, 0.717) is 18.0 Å². The minimum absolute atomic E-state index is 0.182. The van der Waals surface area contributed by atoms with Crippen molar-refractivity contribution in [2.45, 2.75) is 30.8 Å². The molecular weight excluding hydrogens is 360 g/mol. The lowest BCUT2D eigenvalue weighted by atomic mass is 10.1. The van der Waals surface area contributed by atoms with Crippen LogP contribution >= 0.6 is 11.6 Å². The van der Waals surface area contributed by atoms with Gasteiger partial charge < -0.3 is 4.90 Å². The van der Waals surface area contributed by atoms with Crippen LogP contribution in [-0.4, -0.2) is 25.8 Å². The van der Waals surface area contributed by atoms with Crippen molar-refractivity contribution in [1.29, 1.82) is 0 Å². The van der Waals surface area contributed by atoms with Crippen LogP contribution in [0.3, 0.4) is 0 Å². The van der Waals surface area contributed by atoms with Gasteiger partial charge in [-0.05, 0) is 41.8 Å². The summed E-state index contributed by atoms with van der Waals surface area (Å²) in [6.07, 6.45) is 1.55. The maximum absolute atomic E-state index is 12.3. The van der Waals surface area contributed by atoms with E-state index in [9.17, 15) is 13.2 Å². The predicted octanol–water partition coefficient (Wildman–Crippen LogP) is 2.94. The van der Waals surface area contributed by atoms with Crippen LogP contribution in [-0.2, 0) is 27.9 Å². The molecule has 132 valence electrons. The van der Waals surface area contributed by atoms with Gasteiger partial charge in [-0.3, -0.25) is 4.79 Å². The lowest BCUT2D eigenvalue weighted by molar-refractivity contribution is -0.128. The summed E-state index contributed by atoms with van der Waals surface area (Å²) in [5.74, 6) is 0.194. The third kappa shape index (κ3) is 4.60. The van der Waals surface area contributed by atoms with Gasteiger partial charge >= 0.3 is 0 Å². The molecule has 2 aromatic rings. The summed E-state index contributed by atoms with van der Waals surface area (Å²) in [5, 5.41) is 0.492. The number of amides is 1. The SMILES string of the molecule is O=C1CCCN1Cc1ccc(CNS(=O)(=O)c2ccc(Cl)cc2)cc1. The number of carbonyl (C=O) groups is 1. The van der Waals surface area contributed by atoms with E-state index >= 15 is 0 Å². The van der Waals surface area contributed by atoms with Crippen LogP contribution in [0.2, 0.25) is 5.02 Å². The number of hydrogen-bond donors (Lipinski definition) is 1. The van der Waals surface area contributed by atoms with E-state index in [2.05, 4.69) is 4.72 Å². The highest BCUT2D eigenvalue weighted by Gasteiger charge is 2.20. The van der Waals surface area contributed by atoms with Crippen molar-refractivity contribution in [1.82, 2.24) is 9.62 Å². The van der Waals surface area contributed by atoms with Crippen LogP contribution in [0.4, 0.5) is 0 Å². The lowest BCUT2D eigenvalue weighted by Crippen LogP contribution is -2.24. The minimum Gasteiger partial charge on any atom is -0.338 e. The Morgan fingerprint density at radius 2 is 1.64 bits per heavy atom. The third-order valence-electron chi connectivity index (χ3n) is 4.16. The molecule has 0 atom stereocenters. The van der Waals surface area contributed by atoms with Gasteiger partial charge in [0, 0.05) is 31.1 Å². The molecule has 0 unspecified atom stereocenters. The van der Waals surface area contributed by atoms with Gasteiger partial charge in [0.15, 0.2) is 0 Å². The highest BCUT2D eigenvalue weighted by Crippen LogP contribution is 2.16. The summed E-state index contributed by atoms with van der Waals surface area (Å²) >= 11 is 5.78. The number of nitrogens with one attached hydrogen (secondary N) is 1. The van der Waals surface area contributed by atoms with Crippen LogP contribution in [0.5, 0.6) is 0 Å². The molecule has 1 heterocycles. The highest BCUT2D eigenvalue weighted by molar-refractivity contribution is 7.89. The van der Waals surface area contributed by atoms with Crippen molar-refractivity contribution in [3.8, 4) is 0 Å². The van der Waals surface area contributed by atoms with Crippen LogP contribution in [0, 0.1) is 0 Å². The predicted molar refractivity (Wildman–Crippen MR) is 96.6 cm³/mol. The summed E-state index contributed by atoms with van der Waals surface area (Å²) < 4.78 is 27.1. The summed E-state index contributed by atoms with van der Waals surface area (Å²) in [6.45, 7) is 1.62. The molecule has 0 aliphatic carbocycles. The number of likely N-dealkylation sites (tertiary alicyclic amines) is 1. The normalized spacial score (nSPS) is 14.9. The maximum atomic E-state index is 12.3. The molecule has 7 heteroatoms. The molecule has 1 amide bonds. The second kappa shape index (κ2) is 7.56. The number of rotatable bonds is 6. The Hall–Kier alpha value is -1.89. The smallest absolute Gasteiger partial charge is 0.240 e. The van der Waals surface area contributed by atoms with Gasteiger partial charge in [-0.25, -0.2) is 13.1 Å². The van der Waals surface area contributed by atoms with Crippen LogP contribution < -0.4 is 4.72 Å². The van der Waals surface area contributed by atoms with E-state index in [0.717, 1.165) is 24.1 Å². The van der Waals surface area contributed by atoms with Gasteiger partial charge in [0.2, 0.25) is 15.9 Å². The number of nitrogens with zero attached hydrogens (tertiary/aromatic N) is 1. The van der Waals surface area contributed by atoms with E-state index in [1.165, 1.54) is 12.1 Å². The summed E-state index contributed by atoms with van der Waals surface area (Å²) in [4.78, 5) is 13.7. The third-order valence-corrected chi connectivity index (χ3v) is 5.83. The minimum atomic E-state index is -3.57. The number of halogens is 1. The number of carbonyl (C=O) groups excluding carboxylic acids is 1. The Kier molecular flexibility index (Phi) is 5.42. The molecule has 0 radical (unpaired) electrons. The van der Waals surface area contributed by atoms with Crippen molar-refractivity contribution < 1.29 is 13.2 Å². The average molecular weight is 379 g/mol. The zero-order valence-electron chi connectivity index (χ0n) is 13.6. The first-order chi connectivity index (χ1) is 11.9. The first kappa shape index (κ1) is 17.9. The Morgan fingerprint density at radius 1 is 1.00 bits per heavy atom. The molecule has 1 saturated heterocycles. The van der Waals surface area contributed by atoms with Gasteiger partial charge in [-0.15, -0.1) is 0 Å². The van der Waals surface area contributed by atoms with Crippen molar-refractivity contribution in [3.05, 3.63) is 64.7 Å². The molecule has 0 spiro atoms. The topological polar surface area (TPSA) is 66.5 Å². The monoisotopic (exact) mass is 378 g/mol. The second-order valence-electron chi connectivity index (χ2n) is 6.01. The molecule has 1 aliphatic rings. The molecule has 25 heavy (non-hydrogen) atoms. The van der Waals surface area contributed by atoms with Crippen molar-refractivity contribution >= 4 is 27.5 Å².